The van der Waals surface area contributed by atoms with Crippen LogP contribution in [0.2, 0.25) is 5.02 Å². The Labute approximate surface area is 192 Å². The molecule has 174 valence electrons. The third-order valence-corrected chi connectivity index (χ3v) is 6.15. The minimum atomic E-state index is -3.94. The van der Waals surface area contributed by atoms with E-state index in [1.165, 1.54) is 38.3 Å². The molecule has 0 fully saturated rings. The van der Waals surface area contributed by atoms with Crippen LogP contribution < -0.4 is 19.5 Å². The fraction of sp³-hybridized carbons (Fsp3) is 0.333. The van der Waals surface area contributed by atoms with Gasteiger partial charge in [0.25, 0.3) is 5.91 Å². The molecule has 11 heteroatoms. The molecule has 1 unspecified atom stereocenters. The number of hydrogen-bond acceptors (Lipinski definition) is 7. The highest BCUT2D eigenvalue weighted by Gasteiger charge is 2.23. The number of rotatable bonds is 11. The molecule has 0 aromatic heterocycles. The second-order valence-electron chi connectivity index (χ2n) is 6.69. The number of benzene rings is 2. The summed E-state index contributed by atoms with van der Waals surface area (Å²) in [6.07, 6.45) is 0.525. The van der Waals surface area contributed by atoms with Crippen LogP contribution in [-0.4, -0.2) is 53.7 Å². The second-order valence-corrected chi connectivity index (χ2v) is 8.84. The first-order valence-electron chi connectivity index (χ1n) is 9.58. The lowest BCUT2D eigenvalue weighted by Gasteiger charge is -2.14. The van der Waals surface area contributed by atoms with Gasteiger partial charge in [-0.3, -0.25) is 9.59 Å². The summed E-state index contributed by atoms with van der Waals surface area (Å²) in [6.45, 7) is 1.10. The zero-order valence-electron chi connectivity index (χ0n) is 17.9. The van der Waals surface area contributed by atoms with E-state index < -0.39 is 34.5 Å². The van der Waals surface area contributed by atoms with Crippen LogP contribution in [0.4, 0.5) is 0 Å². The zero-order valence-corrected chi connectivity index (χ0v) is 19.5. The first kappa shape index (κ1) is 25.4. The topological polar surface area (TPSA) is 120 Å². The van der Waals surface area contributed by atoms with E-state index in [9.17, 15) is 18.0 Å². The van der Waals surface area contributed by atoms with E-state index >= 15 is 0 Å². The van der Waals surface area contributed by atoms with Crippen molar-refractivity contribution in [1.82, 2.24) is 10.0 Å². The Balaban J connectivity index is 1.77. The van der Waals surface area contributed by atoms with E-state index in [0.717, 1.165) is 5.56 Å². The number of nitrogens with one attached hydrogen (secondary N) is 2. The molecule has 0 spiro atoms. The molecule has 0 bridgehead atoms. The monoisotopic (exact) mass is 484 g/mol. The van der Waals surface area contributed by atoms with E-state index in [1.54, 1.807) is 19.2 Å². The summed E-state index contributed by atoms with van der Waals surface area (Å²) in [4.78, 5) is 24.0. The predicted molar refractivity (Wildman–Crippen MR) is 118 cm³/mol. The van der Waals surface area contributed by atoms with Crippen molar-refractivity contribution in [2.45, 2.75) is 24.3 Å². The second kappa shape index (κ2) is 11.7. The number of sulfonamides is 1. The van der Waals surface area contributed by atoms with Crippen LogP contribution in [0.1, 0.15) is 12.5 Å². The maximum absolute atomic E-state index is 12.3. The molecule has 0 aliphatic heterocycles. The Morgan fingerprint density at radius 2 is 1.69 bits per heavy atom. The molecule has 0 saturated carbocycles. The average Bonchev–Trinajstić information content (AvgIpc) is 2.77. The van der Waals surface area contributed by atoms with Crippen molar-refractivity contribution in [3.63, 3.8) is 0 Å². The van der Waals surface area contributed by atoms with Gasteiger partial charge in [-0.05, 0) is 55.3 Å². The Bertz CT molecular complexity index is 1040. The first-order chi connectivity index (χ1) is 15.2. The van der Waals surface area contributed by atoms with Gasteiger partial charge in [0.05, 0.1) is 19.1 Å². The molecule has 2 N–H and O–H groups in total. The molecule has 0 heterocycles. The Hall–Kier alpha value is -2.82. The molecule has 2 rings (SSSR count). The van der Waals surface area contributed by atoms with Gasteiger partial charge in [0.15, 0.2) is 18.1 Å². The highest BCUT2D eigenvalue weighted by atomic mass is 35.5. The Morgan fingerprint density at radius 3 is 2.31 bits per heavy atom. The van der Waals surface area contributed by atoms with Gasteiger partial charge in [0, 0.05) is 11.6 Å². The molecule has 2 aromatic carbocycles. The smallest absolute Gasteiger partial charge is 0.324 e. The van der Waals surface area contributed by atoms with Crippen molar-refractivity contribution in [3.8, 4) is 11.5 Å². The molecule has 2 aromatic rings. The van der Waals surface area contributed by atoms with Crippen LogP contribution in [0, 0.1) is 0 Å². The van der Waals surface area contributed by atoms with Gasteiger partial charge in [-0.15, -0.1) is 0 Å². The van der Waals surface area contributed by atoms with Crippen molar-refractivity contribution in [3.05, 3.63) is 53.1 Å². The Morgan fingerprint density at radius 1 is 1.03 bits per heavy atom. The third-order valence-electron chi connectivity index (χ3n) is 4.34. The maximum Gasteiger partial charge on any atom is 0.324 e. The summed E-state index contributed by atoms with van der Waals surface area (Å²) in [5, 5.41) is 3.01. The summed E-state index contributed by atoms with van der Waals surface area (Å²) in [5.74, 6) is -0.197. The average molecular weight is 485 g/mol. The van der Waals surface area contributed by atoms with Gasteiger partial charge >= 0.3 is 5.97 Å². The molecule has 1 atom stereocenters. The van der Waals surface area contributed by atoms with Crippen LogP contribution in [-0.2, 0) is 30.8 Å². The van der Waals surface area contributed by atoms with Gasteiger partial charge in [-0.1, -0.05) is 17.7 Å². The van der Waals surface area contributed by atoms with E-state index in [1.807, 2.05) is 6.07 Å². The highest BCUT2D eigenvalue weighted by Crippen LogP contribution is 2.27. The van der Waals surface area contributed by atoms with Crippen molar-refractivity contribution >= 4 is 33.5 Å². The summed E-state index contributed by atoms with van der Waals surface area (Å²) in [5.41, 5.74) is 0.921. The molecule has 1 amide bonds. The number of halogens is 1. The molecular formula is C21H25ClN2O7S. The SMILES string of the molecule is COc1ccc(CCNC(=O)COC(=O)C(C)NS(=O)(=O)c2ccc(Cl)cc2)cc1OC. The fourth-order valence-corrected chi connectivity index (χ4v) is 3.98. The number of carbonyl (C=O) groups excluding carboxylic acids is 2. The largest absolute Gasteiger partial charge is 0.493 e. The molecule has 9 nitrogen and oxygen atoms in total. The Kier molecular flexibility index (Phi) is 9.30. The lowest BCUT2D eigenvalue weighted by atomic mass is 10.1. The summed E-state index contributed by atoms with van der Waals surface area (Å²) in [7, 11) is -0.865. The van der Waals surface area contributed by atoms with Crippen molar-refractivity contribution in [1.29, 1.82) is 0 Å². The number of esters is 1. The van der Waals surface area contributed by atoms with Crippen LogP contribution in [0.3, 0.4) is 0 Å². The number of methoxy groups -OCH3 is 2. The fourth-order valence-electron chi connectivity index (χ4n) is 2.66. The number of carbonyl (C=O) groups is 2. The summed E-state index contributed by atoms with van der Waals surface area (Å²) in [6, 6.07) is 9.71. The molecule has 0 aliphatic carbocycles. The lowest BCUT2D eigenvalue weighted by Crippen LogP contribution is -2.41. The summed E-state index contributed by atoms with van der Waals surface area (Å²) >= 11 is 5.75. The van der Waals surface area contributed by atoms with Gasteiger partial charge < -0.3 is 19.5 Å². The van der Waals surface area contributed by atoms with Crippen LogP contribution in [0.5, 0.6) is 11.5 Å². The van der Waals surface area contributed by atoms with Gasteiger partial charge in [-0.2, -0.15) is 4.72 Å². The van der Waals surface area contributed by atoms with Gasteiger partial charge in [-0.25, -0.2) is 8.42 Å². The van der Waals surface area contributed by atoms with E-state index in [0.29, 0.717) is 29.5 Å². The first-order valence-corrected chi connectivity index (χ1v) is 11.4. The minimum Gasteiger partial charge on any atom is -0.493 e. The van der Waals surface area contributed by atoms with Gasteiger partial charge in [0.1, 0.15) is 6.04 Å². The molecule has 0 aliphatic rings. The molecule has 32 heavy (non-hydrogen) atoms. The lowest BCUT2D eigenvalue weighted by molar-refractivity contribution is -0.149. The third kappa shape index (κ3) is 7.40. The molecule has 0 saturated heterocycles. The van der Waals surface area contributed by atoms with Crippen LogP contribution in [0.25, 0.3) is 0 Å². The highest BCUT2D eigenvalue weighted by molar-refractivity contribution is 7.89. The summed E-state index contributed by atoms with van der Waals surface area (Å²) < 4.78 is 42.1. The predicted octanol–water partition coefficient (Wildman–Crippen LogP) is 1.93. The standard InChI is InChI=1S/C21H25ClN2O7S/c1-14(24-32(27,28)17-7-5-16(22)6-8-17)21(26)31-13-20(25)23-11-10-15-4-9-18(29-2)19(12-15)30-3/h4-9,12,14,24H,10-11,13H2,1-3H3,(H,23,25). The van der Waals surface area contributed by atoms with Crippen molar-refractivity contribution in [2.24, 2.45) is 0 Å². The molecular weight excluding hydrogens is 460 g/mol. The molecule has 0 radical (unpaired) electrons. The number of ether oxygens (including phenoxy) is 3. The van der Waals surface area contributed by atoms with E-state index in [4.69, 9.17) is 25.8 Å². The van der Waals surface area contributed by atoms with Crippen molar-refractivity contribution < 1.29 is 32.2 Å². The van der Waals surface area contributed by atoms with Crippen LogP contribution >= 0.6 is 11.6 Å². The van der Waals surface area contributed by atoms with Gasteiger partial charge in [0.2, 0.25) is 10.0 Å². The number of hydrogen-bond donors (Lipinski definition) is 2. The van der Waals surface area contributed by atoms with E-state index in [2.05, 4.69) is 10.0 Å². The van der Waals surface area contributed by atoms with Crippen molar-refractivity contribution in [2.75, 3.05) is 27.4 Å². The van der Waals surface area contributed by atoms with E-state index in [-0.39, 0.29) is 4.90 Å². The quantitative estimate of drug-likeness (QED) is 0.467. The number of amides is 1. The minimum absolute atomic E-state index is 0.0468. The van der Waals surface area contributed by atoms with Crippen LogP contribution in [0.15, 0.2) is 47.4 Å². The zero-order chi connectivity index (χ0) is 23.7. The maximum atomic E-state index is 12.3. The normalized spacial score (nSPS) is 12.0.